The van der Waals surface area contributed by atoms with Crippen LogP contribution in [0.4, 0.5) is 4.39 Å². The van der Waals surface area contributed by atoms with Crippen molar-refractivity contribution in [1.82, 2.24) is 0 Å². The molecule has 2 aromatic carbocycles. The highest BCUT2D eigenvalue weighted by atomic mass is 35.5. The van der Waals surface area contributed by atoms with Gasteiger partial charge < -0.3 is 10.5 Å². The van der Waals surface area contributed by atoms with Gasteiger partial charge in [0.25, 0.3) is 5.91 Å². The molecule has 24 heavy (non-hydrogen) atoms. The van der Waals surface area contributed by atoms with E-state index in [4.69, 9.17) is 22.1 Å². The van der Waals surface area contributed by atoms with Crippen molar-refractivity contribution in [2.24, 2.45) is 5.73 Å². The number of hydrogen-bond donors (Lipinski definition) is 1. The zero-order valence-electron chi connectivity index (χ0n) is 13.6. The summed E-state index contributed by atoms with van der Waals surface area (Å²) in [6.45, 7) is 3.78. The quantitative estimate of drug-likeness (QED) is 0.888. The molecular weight excluding hydrogens is 329 g/mol. The highest BCUT2D eigenvalue weighted by Gasteiger charge is 2.30. The molecule has 0 saturated heterocycles. The minimum absolute atomic E-state index is 0.0683. The van der Waals surface area contributed by atoms with Gasteiger partial charge in [0.2, 0.25) is 0 Å². The van der Waals surface area contributed by atoms with Gasteiger partial charge in [-0.15, -0.1) is 0 Å². The maximum absolute atomic E-state index is 14.2. The third-order valence-corrected chi connectivity index (χ3v) is 4.51. The van der Waals surface area contributed by atoms with E-state index in [1.54, 1.807) is 18.2 Å². The van der Waals surface area contributed by atoms with E-state index in [9.17, 15) is 9.18 Å². The first-order chi connectivity index (χ1) is 11.4. The first kappa shape index (κ1) is 16.8. The first-order valence-corrected chi connectivity index (χ1v) is 8.33. The van der Waals surface area contributed by atoms with Crippen LogP contribution >= 0.6 is 11.6 Å². The van der Waals surface area contributed by atoms with Crippen LogP contribution in [0.15, 0.2) is 30.3 Å². The van der Waals surface area contributed by atoms with Gasteiger partial charge in [-0.1, -0.05) is 23.7 Å². The summed E-state index contributed by atoms with van der Waals surface area (Å²) in [5.74, 6) is -0.403. The van der Waals surface area contributed by atoms with E-state index in [0.29, 0.717) is 28.3 Å². The molecule has 2 aromatic rings. The molecule has 0 bridgehead atoms. The zero-order chi connectivity index (χ0) is 17.4. The predicted molar refractivity (Wildman–Crippen MR) is 92.3 cm³/mol. The van der Waals surface area contributed by atoms with Crippen molar-refractivity contribution in [3.05, 3.63) is 63.4 Å². The van der Waals surface area contributed by atoms with Crippen LogP contribution in [0.1, 0.15) is 53.2 Å². The number of ether oxygens (including phenoxy) is 1. The minimum atomic E-state index is -0.539. The Kier molecular flexibility index (Phi) is 4.50. The highest BCUT2D eigenvalue weighted by Crippen LogP contribution is 2.44. The van der Waals surface area contributed by atoms with Crippen LogP contribution in [-0.4, -0.2) is 12.0 Å². The second-order valence-electron chi connectivity index (χ2n) is 6.30. The third-order valence-electron chi connectivity index (χ3n) is 4.29. The Labute approximate surface area is 145 Å². The third kappa shape index (κ3) is 2.98. The number of primary amides is 1. The van der Waals surface area contributed by atoms with Crippen molar-refractivity contribution < 1.29 is 13.9 Å². The highest BCUT2D eigenvalue weighted by molar-refractivity contribution is 6.30. The molecule has 1 aliphatic carbocycles. The predicted octanol–water partition coefficient (Wildman–Crippen LogP) is 4.44. The summed E-state index contributed by atoms with van der Waals surface area (Å²) >= 11 is 6.04. The summed E-state index contributed by atoms with van der Waals surface area (Å²) < 4.78 is 20.1. The van der Waals surface area contributed by atoms with Crippen molar-refractivity contribution in [3.63, 3.8) is 0 Å². The molecule has 1 aliphatic rings. The van der Waals surface area contributed by atoms with Gasteiger partial charge in [-0.05, 0) is 56.0 Å². The van der Waals surface area contributed by atoms with E-state index in [-0.39, 0.29) is 17.8 Å². The first-order valence-electron chi connectivity index (χ1n) is 7.95. The molecule has 126 valence electrons. The fourth-order valence-corrected chi connectivity index (χ4v) is 3.57. The molecule has 2 N–H and O–H groups in total. The topological polar surface area (TPSA) is 52.3 Å². The molecule has 0 spiro atoms. The van der Waals surface area contributed by atoms with Gasteiger partial charge in [0.05, 0.1) is 11.7 Å². The average Bonchev–Trinajstić information content (AvgIpc) is 2.90. The Balaban J connectivity index is 2.15. The number of nitrogens with two attached hydrogens (primary N) is 1. The van der Waals surface area contributed by atoms with Crippen molar-refractivity contribution >= 4 is 17.5 Å². The molecule has 0 aliphatic heterocycles. The van der Waals surface area contributed by atoms with Gasteiger partial charge in [-0.2, -0.15) is 0 Å². The lowest BCUT2D eigenvalue weighted by Gasteiger charge is -2.21. The lowest BCUT2D eigenvalue weighted by molar-refractivity contribution is 0.0994. The van der Waals surface area contributed by atoms with E-state index in [1.165, 1.54) is 6.07 Å². The number of para-hydroxylation sites is 1. The Morgan fingerprint density at radius 3 is 2.75 bits per heavy atom. The normalized spacial score (nSPS) is 16.3. The van der Waals surface area contributed by atoms with Crippen LogP contribution in [0, 0.1) is 5.82 Å². The zero-order valence-corrected chi connectivity index (χ0v) is 14.4. The molecule has 3 nitrogen and oxygen atoms in total. The second-order valence-corrected chi connectivity index (χ2v) is 6.74. The summed E-state index contributed by atoms with van der Waals surface area (Å²) in [5.41, 5.74) is 8.23. The minimum Gasteiger partial charge on any atom is -0.490 e. The van der Waals surface area contributed by atoms with E-state index >= 15 is 0 Å². The Hall–Kier alpha value is -2.07. The smallest absolute Gasteiger partial charge is 0.252 e. The van der Waals surface area contributed by atoms with Gasteiger partial charge >= 0.3 is 0 Å². The standard InChI is InChI=1S/C19H19ClFNO2/c1-10(2)24-18-14(4-3-5-15(18)19(22)23)12-6-7-13-16(12)8-11(20)9-17(13)21/h3-5,8-10,12H,6-7H2,1-2H3,(H2,22,23)/t12-/m0/s1. The van der Waals surface area contributed by atoms with Crippen molar-refractivity contribution in [3.8, 4) is 5.75 Å². The van der Waals surface area contributed by atoms with Crippen LogP contribution in [0.2, 0.25) is 5.02 Å². The number of carbonyl (C=O) groups excluding carboxylic acids is 1. The summed E-state index contributed by atoms with van der Waals surface area (Å²) in [6, 6.07) is 8.48. The summed E-state index contributed by atoms with van der Waals surface area (Å²) in [4.78, 5) is 11.8. The van der Waals surface area contributed by atoms with E-state index in [2.05, 4.69) is 0 Å². The van der Waals surface area contributed by atoms with Crippen LogP contribution in [-0.2, 0) is 6.42 Å². The summed E-state index contributed by atoms with van der Waals surface area (Å²) in [7, 11) is 0. The molecule has 0 fully saturated rings. The molecule has 0 heterocycles. The molecular formula is C19H19ClFNO2. The largest absolute Gasteiger partial charge is 0.490 e. The lowest BCUT2D eigenvalue weighted by atomic mass is 9.90. The summed E-state index contributed by atoms with van der Waals surface area (Å²) in [5, 5.41) is 0.371. The van der Waals surface area contributed by atoms with Crippen LogP contribution in [0.5, 0.6) is 5.75 Å². The van der Waals surface area contributed by atoms with Crippen molar-refractivity contribution in [1.29, 1.82) is 0 Å². The van der Waals surface area contributed by atoms with Gasteiger partial charge in [-0.25, -0.2) is 4.39 Å². The number of fused-ring (bicyclic) bond motifs is 1. The number of carbonyl (C=O) groups is 1. The molecule has 0 radical (unpaired) electrons. The fraction of sp³-hybridized carbons (Fsp3) is 0.316. The van der Waals surface area contributed by atoms with Gasteiger partial charge in [0.15, 0.2) is 0 Å². The number of amides is 1. The van der Waals surface area contributed by atoms with E-state index in [0.717, 1.165) is 17.5 Å². The molecule has 0 saturated carbocycles. The molecule has 1 amide bonds. The monoisotopic (exact) mass is 347 g/mol. The van der Waals surface area contributed by atoms with Crippen molar-refractivity contribution in [2.45, 2.75) is 38.7 Å². The Morgan fingerprint density at radius 1 is 1.33 bits per heavy atom. The summed E-state index contributed by atoms with van der Waals surface area (Å²) in [6.07, 6.45) is 1.26. The van der Waals surface area contributed by atoms with Gasteiger partial charge in [0.1, 0.15) is 11.6 Å². The fourth-order valence-electron chi connectivity index (χ4n) is 3.36. The Bertz CT molecular complexity index is 804. The maximum atomic E-state index is 14.2. The average molecular weight is 348 g/mol. The van der Waals surface area contributed by atoms with Crippen LogP contribution in [0.3, 0.4) is 0 Å². The molecule has 1 atom stereocenters. The number of halogens is 2. The number of benzene rings is 2. The van der Waals surface area contributed by atoms with Crippen LogP contribution < -0.4 is 10.5 Å². The van der Waals surface area contributed by atoms with Gasteiger partial charge in [-0.3, -0.25) is 4.79 Å². The maximum Gasteiger partial charge on any atom is 0.252 e. The molecule has 0 unspecified atom stereocenters. The number of rotatable bonds is 4. The Morgan fingerprint density at radius 2 is 2.08 bits per heavy atom. The van der Waals surface area contributed by atoms with E-state index < -0.39 is 5.91 Å². The molecule has 3 rings (SSSR count). The van der Waals surface area contributed by atoms with E-state index in [1.807, 2.05) is 19.9 Å². The lowest BCUT2D eigenvalue weighted by Crippen LogP contribution is -2.17. The van der Waals surface area contributed by atoms with Crippen LogP contribution in [0.25, 0.3) is 0 Å². The SMILES string of the molecule is CC(C)Oc1c(C(N)=O)cccc1[C@@H]1CCc2c(F)cc(Cl)cc21. The molecule has 5 heteroatoms. The van der Waals surface area contributed by atoms with Crippen molar-refractivity contribution in [2.75, 3.05) is 0 Å². The van der Waals surface area contributed by atoms with Gasteiger partial charge in [0, 0.05) is 16.5 Å². The molecule has 0 aromatic heterocycles. The second kappa shape index (κ2) is 6.44. The number of hydrogen-bond acceptors (Lipinski definition) is 2.